The summed E-state index contributed by atoms with van der Waals surface area (Å²) in [6, 6.07) is 9.06. The summed E-state index contributed by atoms with van der Waals surface area (Å²) >= 11 is 0. The summed E-state index contributed by atoms with van der Waals surface area (Å²) in [6.07, 6.45) is 1.000. The highest BCUT2D eigenvalue weighted by atomic mass is 19.1. The molecule has 1 fully saturated rings. The lowest BCUT2D eigenvalue weighted by Crippen LogP contribution is -2.09. The van der Waals surface area contributed by atoms with Crippen molar-refractivity contribution in [1.29, 1.82) is 0 Å². The second-order valence-corrected chi connectivity index (χ2v) is 5.12. The summed E-state index contributed by atoms with van der Waals surface area (Å²) < 4.78 is 13.2. The summed E-state index contributed by atoms with van der Waals surface area (Å²) in [5.74, 6) is 0.854. The Hall–Kier alpha value is -1.97. The number of benzene rings is 1. The van der Waals surface area contributed by atoms with Gasteiger partial charge in [0, 0.05) is 23.3 Å². The van der Waals surface area contributed by atoms with E-state index in [1.54, 1.807) is 12.1 Å². The van der Waals surface area contributed by atoms with Crippen molar-refractivity contribution in [1.82, 2.24) is 9.97 Å². The molecule has 0 spiro atoms. The van der Waals surface area contributed by atoms with E-state index in [1.807, 2.05) is 26.0 Å². The van der Waals surface area contributed by atoms with Crippen LogP contribution >= 0.6 is 0 Å². The highest BCUT2D eigenvalue weighted by Gasteiger charge is 2.39. The molecule has 0 saturated heterocycles. The first kappa shape index (κ1) is 12.1. The maximum absolute atomic E-state index is 13.2. The summed E-state index contributed by atoms with van der Waals surface area (Å²) in [5.41, 5.74) is 2.96. The van der Waals surface area contributed by atoms with Gasteiger partial charge >= 0.3 is 0 Å². The van der Waals surface area contributed by atoms with E-state index in [-0.39, 0.29) is 5.82 Å². The molecule has 0 radical (unpaired) electrons. The van der Waals surface area contributed by atoms with Crippen LogP contribution in [0.5, 0.6) is 0 Å². The van der Waals surface area contributed by atoms with Gasteiger partial charge in [0.05, 0.1) is 0 Å². The molecule has 19 heavy (non-hydrogen) atoms. The minimum atomic E-state index is -0.175. The van der Waals surface area contributed by atoms with Crippen LogP contribution in [0.1, 0.15) is 29.3 Å². The van der Waals surface area contributed by atoms with Crippen molar-refractivity contribution in [2.24, 2.45) is 0 Å². The molecule has 0 bridgehead atoms. The van der Waals surface area contributed by atoms with Gasteiger partial charge in [-0.15, -0.1) is 0 Å². The standard InChI is InChI=1S/C15H16FN3/c1-9-6-10(2)18-15(17-9)19-14-8-13(14)11-4-3-5-12(16)7-11/h3-7,13-14H,8H2,1-2H3,(H,17,18,19)/t13-,14+/m0/s1. The van der Waals surface area contributed by atoms with Crippen molar-refractivity contribution in [2.75, 3.05) is 5.32 Å². The van der Waals surface area contributed by atoms with E-state index in [4.69, 9.17) is 0 Å². The van der Waals surface area contributed by atoms with E-state index in [9.17, 15) is 4.39 Å². The van der Waals surface area contributed by atoms with Gasteiger partial charge in [-0.25, -0.2) is 14.4 Å². The van der Waals surface area contributed by atoms with Crippen molar-refractivity contribution < 1.29 is 4.39 Å². The highest BCUT2D eigenvalue weighted by Crippen LogP contribution is 2.42. The Morgan fingerprint density at radius 2 is 1.89 bits per heavy atom. The van der Waals surface area contributed by atoms with Gasteiger partial charge in [-0.1, -0.05) is 12.1 Å². The van der Waals surface area contributed by atoms with Gasteiger partial charge in [0.25, 0.3) is 0 Å². The normalized spacial score (nSPS) is 21.2. The first-order chi connectivity index (χ1) is 9.11. The van der Waals surface area contributed by atoms with E-state index in [0.717, 1.165) is 23.4 Å². The fourth-order valence-corrected chi connectivity index (χ4v) is 2.42. The molecule has 98 valence electrons. The van der Waals surface area contributed by atoms with Gasteiger partial charge in [-0.2, -0.15) is 0 Å². The van der Waals surface area contributed by atoms with Gasteiger partial charge in [-0.3, -0.25) is 0 Å². The molecule has 1 aliphatic rings. The van der Waals surface area contributed by atoms with Crippen LogP contribution in [0.3, 0.4) is 0 Å². The van der Waals surface area contributed by atoms with Crippen molar-refractivity contribution in [3.8, 4) is 0 Å². The second kappa shape index (κ2) is 4.61. The number of aryl methyl sites for hydroxylation is 2. The third-order valence-electron chi connectivity index (χ3n) is 3.36. The lowest BCUT2D eigenvalue weighted by atomic mass is 10.1. The minimum absolute atomic E-state index is 0.175. The first-order valence-corrected chi connectivity index (χ1v) is 6.46. The Morgan fingerprint density at radius 1 is 1.16 bits per heavy atom. The molecule has 1 heterocycles. The molecule has 0 unspecified atom stereocenters. The van der Waals surface area contributed by atoms with E-state index in [1.165, 1.54) is 6.07 Å². The Labute approximate surface area is 111 Å². The predicted octanol–water partition coefficient (Wildman–Crippen LogP) is 3.20. The summed E-state index contributed by atoms with van der Waals surface area (Å²) in [4.78, 5) is 8.73. The van der Waals surface area contributed by atoms with Crippen molar-refractivity contribution in [3.63, 3.8) is 0 Å². The van der Waals surface area contributed by atoms with Gasteiger partial charge in [0.15, 0.2) is 0 Å². The van der Waals surface area contributed by atoms with Gasteiger partial charge in [0.2, 0.25) is 5.95 Å². The maximum Gasteiger partial charge on any atom is 0.223 e. The average molecular weight is 257 g/mol. The third-order valence-corrected chi connectivity index (χ3v) is 3.36. The smallest absolute Gasteiger partial charge is 0.223 e. The number of hydrogen-bond acceptors (Lipinski definition) is 3. The predicted molar refractivity (Wildman–Crippen MR) is 72.7 cm³/mol. The molecule has 1 aliphatic carbocycles. The molecular weight excluding hydrogens is 241 g/mol. The molecular formula is C15H16FN3. The fraction of sp³-hybridized carbons (Fsp3) is 0.333. The molecule has 2 atom stereocenters. The number of rotatable bonds is 3. The maximum atomic E-state index is 13.2. The molecule has 1 aromatic carbocycles. The number of anilines is 1. The van der Waals surface area contributed by atoms with E-state index < -0.39 is 0 Å². The Morgan fingerprint density at radius 3 is 2.58 bits per heavy atom. The molecule has 0 amide bonds. The Bertz CT molecular complexity index is 592. The number of aromatic nitrogens is 2. The number of hydrogen-bond donors (Lipinski definition) is 1. The second-order valence-electron chi connectivity index (χ2n) is 5.12. The zero-order valence-corrected chi connectivity index (χ0v) is 11.0. The van der Waals surface area contributed by atoms with Crippen LogP contribution in [-0.2, 0) is 0 Å². The van der Waals surface area contributed by atoms with Crippen LogP contribution in [-0.4, -0.2) is 16.0 Å². The number of halogens is 1. The molecule has 1 saturated carbocycles. The fourth-order valence-electron chi connectivity index (χ4n) is 2.42. The summed E-state index contributed by atoms with van der Waals surface area (Å²) in [5, 5.41) is 3.32. The van der Waals surface area contributed by atoms with Crippen LogP contribution in [0.2, 0.25) is 0 Å². The number of nitrogens with one attached hydrogen (secondary N) is 1. The van der Waals surface area contributed by atoms with Crippen molar-refractivity contribution in [3.05, 3.63) is 53.1 Å². The van der Waals surface area contributed by atoms with Crippen molar-refractivity contribution >= 4 is 5.95 Å². The summed E-state index contributed by atoms with van der Waals surface area (Å²) in [7, 11) is 0. The van der Waals surface area contributed by atoms with Gasteiger partial charge < -0.3 is 5.32 Å². The zero-order chi connectivity index (χ0) is 13.4. The molecule has 3 rings (SSSR count). The van der Waals surface area contributed by atoms with Crippen LogP contribution in [0.25, 0.3) is 0 Å². The highest BCUT2D eigenvalue weighted by molar-refractivity contribution is 5.38. The SMILES string of the molecule is Cc1cc(C)nc(N[C@@H]2C[C@H]2c2cccc(F)c2)n1. The van der Waals surface area contributed by atoms with Gasteiger partial charge in [-0.05, 0) is 44.0 Å². The summed E-state index contributed by atoms with van der Waals surface area (Å²) in [6.45, 7) is 3.91. The lowest BCUT2D eigenvalue weighted by molar-refractivity contribution is 0.625. The lowest BCUT2D eigenvalue weighted by Gasteiger charge is -2.06. The number of nitrogens with zero attached hydrogens (tertiary/aromatic N) is 2. The molecule has 3 nitrogen and oxygen atoms in total. The topological polar surface area (TPSA) is 37.8 Å². The first-order valence-electron chi connectivity index (χ1n) is 6.46. The van der Waals surface area contributed by atoms with E-state index >= 15 is 0 Å². The zero-order valence-electron chi connectivity index (χ0n) is 11.0. The van der Waals surface area contributed by atoms with Gasteiger partial charge in [0.1, 0.15) is 5.82 Å². The van der Waals surface area contributed by atoms with Crippen LogP contribution in [0, 0.1) is 19.7 Å². The van der Waals surface area contributed by atoms with Crippen molar-refractivity contribution in [2.45, 2.75) is 32.2 Å². The van der Waals surface area contributed by atoms with E-state index in [0.29, 0.717) is 17.9 Å². The quantitative estimate of drug-likeness (QED) is 0.917. The molecule has 4 heteroatoms. The third kappa shape index (κ3) is 2.72. The van der Waals surface area contributed by atoms with Crippen LogP contribution in [0.4, 0.5) is 10.3 Å². The van der Waals surface area contributed by atoms with E-state index in [2.05, 4.69) is 15.3 Å². The average Bonchev–Trinajstić information content (AvgIpc) is 3.07. The minimum Gasteiger partial charge on any atom is -0.351 e. The Kier molecular flexibility index (Phi) is 2.93. The Balaban J connectivity index is 1.70. The van der Waals surface area contributed by atoms with Crippen LogP contribution in [0.15, 0.2) is 30.3 Å². The molecule has 2 aromatic rings. The monoisotopic (exact) mass is 257 g/mol. The van der Waals surface area contributed by atoms with Crippen LogP contribution < -0.4 is 5.32 Å². The molecule has 0 aliphatic heterocycles. The largest absolute Gasteiger partial charge is 0.351 e. The molecule has 1 aromatic heterocycles. The molecule has 1 N–H and O–H groups in total.